The molecule has 0 bridgehead atoms. The predicted molar refractivity (Wildman–Crippen MR) is 76.1 cm³/mol. The quantitative estimate of drug-likeness (QED) is 0.240. The van der Waals surface area contributed by atoms with Gasteiger partial charge in [0, 0.05) is 19.5 Å². The van der Waals surface area contributed by atoms with E-state index in [0.29, 0.717) is 26.3 Å². The first-order valence-corrected chi connectivity index (χ1v) is 6.61. The van der Waals surface area contributed by atoms with Crippen LogP contribution in [0.15, 0.2) is 0 Å². The van der Waals surface area contributed by atoms with Crippen LogP contribution in [0.4, 0.5) is 0 Å². The number of ether oxygens (including phenoxy) is 1. The van der Waals surface area contributed by atoms with Crippen molar-refractivity contribution in [3.63, 3.8) is 0 Å². The van der Waals surface area contributed by atoms with E-state index in [0.717, 1.165) is 25.7 Å². The van der Waals surface area contributed by atoms with Crippen LogP contribution in [0.3, 0.4) is 0 Å². The molecule has 1 heterocycles. The Labute approximate surface area is 127 Å². The topological polar surface area (TPSA) is 46.6 Å². The van der Waals surface area contributed by atoms with Crippen molar-refractivity contribution in [1.29, 1.82) is 0 Å². The van der Waals surface area contributed by atoms with Crippen LogP contribution in [0.25, 0.3) is 0 Å². The van der Waals surface area contributed by atoms with Crippen molar-refractivity contribution >= 4 is 30.6 Å². The second-order valence-electron chi connectivity index (χ2n) is 4.35. The number of Topliss-reactive ketones (excluding diaryl/α,β-unsaturated/α-hetero) is 1. The average Bonchev–Trinajstić information content (AvgIpc) is 2.39. The van der Waals surface area contributed by atoms with E-state index >= 15 is 0 Å². The summed E-state index contributed by atoms with van der Waals surface area (Å²) in [6.07, 6.45) is 3.95. The Morgan fingerprint density at radius 1 is 1.21 bits per heavy atom. The summed E-state index contributed by atoms with van der Waals surface area (Å²) in [7, 11) is 0. The van der Waals surface area contributed by atoms with Crippen molar-refractivity contribution in [3.8, 4) is 11.8 Å². The van der Waals surface area contributed by atoms with Gasteiger partial charge in [-0.25, -0.2) is 0 Å². The van der Waals surface area contributed by atoms with Gasteiger partial charge in [0.2, 0.25) is 11.7 Å². The zero-order valence-electron chi connectivity index (χ0n) is 11.0. The third kappa shape index (κ3) is 8.11. The molecule has 0 aliphatic carbocycles. The van der Waals surface area contributed by atoms with E-state index < -0.39 is 0 Å². The van der Waals surface area contributed by atoms with Gasteiger partial charge in [-0.05, 0) is 12.3 Å². The fraction of sp³-hybridized carbons (Fsp3) is 0.714. The summed E-state index contributed by atoms with van der Waals surface area (Å²) in [5.41, 5.74) is 0. The molecular formula is C14H22LiNO3. The third-order valence-electron chi connectivity index (χ3n) is 2.81. The Balaban J connectivity index is 0.00000324. The van der Waals surface area contributed by atoms with Gasteiger partial charge < -0.3 is 9.64 Å². The van der Waals surface area contributed by atoms with Gasteiger partial charge in [-0.3, -0.25) is 9.59 Å². The number of carbonyl (C=O) groups is 2. The van der Waals surface area contributed by atoms with Crippen LogP contribution in [0.5, 0.6) is 0 Å². The Kier molecular flexibility index (Phi) is 10.7. The Morgan fingerprint density at radius 3 is 2.53 bits per heavy atom. The van der Waals surface area contributed by atoms with Crippen molar-refractivity contribution in [2.75, 3.05) is 26.3 Å². The second-order valence-corrected chi connectivity index (χ2v) is 4.35. The molecule has 0 atom stereocenters. The molecule has 1 rings (SSSR count). The monoisotopic (exact) mass is 259 g/mol. The summed E-state index contributed by atoms with van der Waals surface area (Å²) < 4.78 is 5.15. The van der Waals surface area contributed by atoms with Crippen LogP contribution in [0.1, 0.15) is 39.0 Å². The Morgan fingerprint density at radius 2 is 1.89 bits per heavy atom. The predicted octanol–water partition coefficient (Wildman–Crippen LogP) is 0.740. The summed E-state index contributed by atoms with van der Waals surface area (Å²) in [5, 5.41) is 0. The van der Waals surface area contributed by atoms with E-state index in [1.54, 1.807) is 4.90 Å². The van der Waals surface area contributed by atoms with Crippen molar-refractivity contribution in [2.45, 2.75) is 39.0 Å². The molecule has 0 aromatic carbocycles. The SMILES string of the molecule is CCCCCC#CC(=O)CC(=O)N1CCOCC1.[LiH]. The number of morpholine rings is 1. The average molecular weight is 259 g/mol. The molecule has 1 amide bonds. The first-order chi connectivity index (χ1) is 8.74. The van der Waals surface area contributed by atoms with Gasteiger partial charge in [0.1, 0.15) is 0 Å². The fourth-order valence-electron chi connectivity index (χ4n) is 1.73. The molecule has 19 heavy (non-hydrogen) atoms. The molecule has 1 fully saturated rings. The molecule has 4 nitrogen and oxygen atoms in total. The summed E-state index contributed by atoms with van der Waals surface area (Å²) in [6, 6.07) is 0. The van der Waals surface area contributed by atoms with Crippen LogP contribution in [-0.2, 0) is 14.3 Å². The summed E-state index contributed by atoms with van der Waals surface area (Å²) in [4.78, 5) is 24.9. The van der Waals surface area contributed by atoms with E-state index in [9.17, 15) is 9.59 Å². The van der Waals surface area contributed by atoms with Crippen LogP contribution < -0.4 is 0 Å². The summed E-state index contributed by atoms with van der Waals surface area (Å²) >= 11 is 0. The van der Waals surface area contributed by atoms with E-state index in [1.807, 2.05) is 0 Å². The van der Waals surface area contributed by atoms with Crippen molar-refractivity contribution < 1.29 is 14.3 Å². The van der Waals surface area contributed by atoms with E-state index in [-0.39, 0.29) is 37.0 Å². The number of carbonyl (C=O) groups excluding carboxylic acids is 2. The fourth-order valence-corrected chi connectivity index (χ4v) is 1.73. The minimum atomic E-state index is -0.275. The molecule has 1 aliphatic rings. The number of hydrogen-bond donors (Lipinski definition) is 0. The van der Waals surface area contributed by atoms with Gasteiger partial charge in [-0.2, -0.15) is 0 Å². The number of nitrogens with zero attached hydrogens (tertiary/aromatic N) is 1. The molecule has 102 valence electrons. The Hall–Kier alpha value is -0.743. The molecule has 1 saturated heterocycles. The van der Waals surface area contributed by atoms with Gasteiger partial charge in [-0.15, -0.1) is 0 Å². The van der Waals surface area contributed by atoms with Crippen LogP contribution in [0.2, 0.25) is 0 Å². The normalized spacial score (nSPS) is 14.1. The van der Waals surface area contributed by atoms with Crippen LogP contribution in [-0.4, -0.2) is 61.8 Å². The van der Waals surface area contributed by atoms with Gasteiger partial charge >= 0.3 is 18.9 Å². The molecule has 0 unspecified atom stereocenters. The van der Waals surface area contributed by atoms with Gasteiger partial charge in [-0.1, -0.05) is 25.7 Å². The third-order valence-corrected chi connectivity index (χ3v) is 2.81. The molecule has 0 aromatic rings. The maximum atomic E-state index is 11.7. The second kappa shape index (κ2) is 11.1. The summed E-state index contributed by atoms with van der Waals surface area (Å²) in [6.45, 7) is 4.40. The molecule has 5 heteroatoms. The molecule has 1 aliphatic heterocycles. The van der Waals surface area contributed by atoms with Crippen molar-refractivity contribution in [1.82, 2.24) is 4.90 Å². The molecule has 0 spiro atoms. The maximum absolute atomic E-state index is 11.7. The zero-order valence-corrected chi connectivity index (χ0v) is 11.0. The molecule has 0 saturated carbocycles. The molecule has 0 N–H and O–H groups in total. The number of ketones is 1. The molecule has 0 aromatic heterocycles. The molecular weight excluding hydrogens is 237 g/mol. The number of unbranched alkanes of at least 4 members (excludes halogenated alkanes) is 3. The van der Waals surface area contributed by atoms with Gasteiger partial charge in [0.25, 0.3) is 0 Å². The van der Waals surface area contributed by atoms with Gasteiger partial charge in [0.15, 0.2) is 0 Å². The number of amides is 1. The van der Waals surface area contributed by atoms with E-state index in [2.05, 4.69) is 18.8 Å². The van der Waals surface area contributed by atoms with Crippen molar-refractivity contribution in [2.24, 2.45) is 0 Å². The zero-order chi connectivity index (χ0) is 13.2. The van der Waals surface area contributed by atoms with Crippen molar-refractivity contribution in [3.05, 3.63) is 0 Å². The summed E-state index contributed by atoms with van der Waals surface area (Å²) in [5.74, 6) is 4.97. The van der Waals surface area contributed by atoms with Crippen LogP contribution in [0, 0.1) is 11.8 Å². The van der Waals surface area contributed by atoms with E-state index in [4.69, 9.17) is 4.74 Å². The number of rotatable bonds is 5. The van der Waals surface area contributed by atoms with Crippen LogP contribution >= 0.6 is 0 Å². The minimum absolute atomic E-state index is 0. The first-order valence-electron chi connectivity index (χ1n) is 6.61. The Bertz CT molecular complexity index is 340. The van der Waals surface area contributed by atoms with E-state index in [1.165, 1.54) is 0 Å². The van der Waals surface area contributed by atoms with Gasteiger partial charge in [0.05, 0.1) is 19.6 Å². The first kappa shape index (κ1) is 18.3. The molecule has 0 radical (unpaired) electrons. The standard InChI is InChI=1S/C14H21NO3.Li.H/c1-2-3-4-5-6-7-13(16)12-14(17)15-8-10-18-11-9-15;;/h2-5,8-12H2,1H3;;. The number of hydrogen-bond acceptors (Lipinski definition) is 3.